The molecule has 0 aliphatic carbocycles. The molecule has 2 heterocycles. The van der Waals surface area contributed by atoms with Crippen LogP contribution < -0.4 is 5.32 Å². The minimum absolute atomic E-state index is 0.256. The lowest BCUT2D eigenvalue weighted by Crippen LogP contribution is -2.50. The number of oxime groups is 1. The standard InChI is InChI=1S/C22H21ClFN3O3/c1-14-6-7-15(10-18(14)24)21(29)27-9-3-8-22(13-27)12-19(26-30-22)20(28)25-17-5-2-4-16(23)11-17/h2,4-7,10-11H,3,8-9,12-13H2,1H3,(H,25,28). The SMILES string of the molecule is Cc1ccc(C(=O)N2CCCC3(CC(C(=O)Nc4cccc(Cl)c4)=NO3)C2)cc1F. The molecule has 2 aromatic rings. The Kier molecular flexibility index (Phi) is 5.47. The number of hydrogen-bond donors (Lipinski definition) is 1. The molecule has 2 amide bonds. The number of hydrogen-bond acceptors (Lipinski definition) is 4. The van der Waals surface area contributed by atoms with Crippen molar-refractivity contribution in [2.24, 2.45) is 5.16 Å². The van der Waals surface area contributed by atoms with Crippen LogP contribution in [0.25, 0.3) is 0 Å². The second-order valence-electron chi connectivity index (χ2n) is 7.75. The van der Waals surface area contributed by atoms with Gasteiger partial charge in [0, 0.05) is 29.2 Å². The predicted molar refractivity (Wildman–Crippen MR) is 112 cm³/mol. The molecular weight excluding hydrogens is 409 g/mol. The highest BCUT2D eigenvalue weighted by Gasteiger charge is 2.45. The van der Waals surface area contributed by atoms with Crippen molar-refractivity contribution in [3.05, 3.63) is 64.4 Å². The van der Waals surface area contributed by atoms with Gasteiger partial charge in [0.15, 0.2) is 5.60 Å². The maximum absolute atomic E-state index is 13.9. The molecule has 1 fully saturated rings. The fourth-order valence-electron chi connectivity index (χ4n) is 3.81. The van der Waals surface area contributed by atoms with Crippen molar-refractivity contribution in [3.8, 4) is 0 Å². The summed E-state index contributed by atoms with van der Waals surface area (Å²) in [5, 5.41) is 7.28. The first-order valence-corrected chi connectivity index (χ1v) is 10.1. The zero-order chi connectivity index (χ0) is 21.3. The van der Waals surface area contributed by atoms with Gasteiger partial charge in [0.05, 0.1) is 6.54 Å². The van der Waals surface area contributed by atoms with Gasteiger partial charge < -0.3 is 15.1 Å². The van der Waals surface area contributed by atoms with Gasteiger partial charge in [-0.2, -0.15) is 0 Å². The molecule has 30 heavy (non-hydrogen) atoms. The Labute approximate surface area is 178 Å². The van der Waals surface area contributed by atoms with Crippen LogP contribution in [0.5, 0.6) is 0 Å². The quantitative estimate of drug-likeness (QED) is 0.795. The molecule has 1 atom stereocenters. The fourth-order valence-corrected chi connectivity index (χ4v) is 4.00. The number of anilines is 1. The molecule has 156 valence electrons. The van der Waals surface area contributed by atoms with E-state index in [4.69, 9.17) is 16.4 Å². The lowest BCUT2D eigenvalue weighted by molar-refractivity contribution is -0.110. The fraction of sp³-hybridized carbons (Fsp3) is 0.318. The molecule has 0 bridgehead atoms. The van der Waals surface area contributed by atoms with Gasteiger partial charge in [-0.15, -0.1) is 0 Å². The topological polar surface area (TPSA) is 71.0 Å². The van der Waals surface area contributed by atoms with Crippen LogP contribution in [-0.4, -0.2) is 41.1 Å². The van der Waals surface area contributed by atoms with E-state index >= 15 is 0 Å². The predicted octanol–water partition coefficient (Wildman–Crippen LogP) is 4.18. The lowest BCUT2D eigenvalue weighted by atomic mass is 9.87. The lowest BCUT2D eigenvalue weighted by Gasteiger charge is -2.38. The van der Waals surface area contributed by atoms with E-state index in [1.165, 1.54) is 6.07 Å². The van der Waals surface area contributed by atoms with Gasteiger partial charge in [-0.1, -0.05) is 28.9 Å². The molecule has 4 rings (SSSR count). The van der Waals surface area contributed by atoms with Crippen molar-refractivity contribution >= 4 is 34.8 Å². The number of nitrogens with one attached hydrogen (secondary N) is 1. The average molecular weight is 430 g/mol. The molecule has 2 aliphatic heterocycles. The molecule has 1 unspecified atom stereocenters. The number of benzene rings is 2. The molecule has 1 N–H and O–H groups in total. The number of amides is 2. The number of nitrogens with zero attached hydrogens (tertiary/aromatic N) is 2. The molecular formula is C22H21ClFN3O3. The number of aryl methyl sites for hydroxylation is 1. The Morgan fingerprint density at radius 2 is 2.10 bits per heavy atom. The zero-order valence-electron chi connectivity index (χ0n) is 16.5. The third-order valence-corrected chi connectivity index (χ3v) is 5.66. The van der Waals surface area contributed by atoms with E-state index in [1.807, 2.05) is 0 Å². The summed E-state index contributed by atoms with van der Waals surface area (Å²) in [6.45, 7) is 2.49. The number of likely N-dealkylation sites (tertiary alicyclic amines) is 1. The highest BCUT2D eigenvalue weighted by atomic mass is 35.5. The molecule has 0 aromatic heterocycles. The van der Waals surface area contributed by atoms with Crippen molar-refractivity contribution in [1.82, 2.24) is 4.90 Å². The number of halogens is 2. The summed E-state index contributed by atoms with van der Waals surface area (Å²) in [4.78, 5) is 32.7. The highest BCUT2D eigenvalue weighted by molar-refractivity contribution is 6.43. The summed E-state index contributed by atoms with van der Waals surface area (Å²) in [6, 6.07) is 11.3. The first-order valence-electron chi connectivity index (χ1n) is 9.73. The zero-order valence-corrected chi connectivity index (χ0v) is 17.2. The van der Waals surface area contributed by atoms with Gasteiger partial charge >= 0.3 is 0 Å². The van der Waals surface area contributed by atoms with Crippen molar-refractivity contribution in [2.75, 3.05) is 18.4 Å². The minimum atomic E-state index is -0.738. The molecule has 0 radical (unpaired) electrons. The second kappa shape index (κ2) is 8.07. The number of piperidine rings is 1. The van der Waals surface area contributed by atoms with Gasteiger partial charge in [0.2, 0.25) is 0 Å². The van der Waals surface area contributed by atoms with Gasteiger partial charge in [-0.25, -0.2) is 4.39 Å². The van der Waals surface area contributed by atoms with E-state index in [9.17, 15) is 14.0 Å². The highest BCUT2D eigenvalue weighted by Crippen LogP contribution is 2.34. The van der Waals surface area contributed by atoms with E-state index in [0.717, 1.165) is 0 Å². The van der Waals surface area contributed by atoms with Crippen molar-refractivity contribution in [3.63, 3.8) is 0 Å². The summed E-state index contributed by atoms with van der Waals surface area (Å²) in [5.74, 6) is -1.03. The van der Waals surface area contributed by atoms with Crippen LogP contribution in [0, 0.1) is 12.7 Å². The summed E-state index contributed by atoms with van der Waals surface area (Å²) in [7, 11) is 0. The third kappa shape index (κ3) is 4.16. The average Bonchev–Trinajstić information content (AvgIpc) is 3.13. The van der Waals surface area contributed by atoms with Gasteiger partial charge in [0.1, 0.15) is 11.5 Å². The summed E-state index contributed by atoms with van der Waals surface area (Å²) in [5.41, 5.74) is 0.888. The van der Waals surface area contributed by atoms with Crippen molar-refractivity contribution in [1.29, 1.82) is 0 Å². The van der Waals surface area contributed by atoms with Gasteiger partial charge in [-0.05, 0) is 55.7 Å². The first-order chi connectivity index (χ1) is 14.3. The summed E-state index contributed by atoms with van der Waals surface area (Å²) >= 11 is 5.95. The van der Waals surface area contributed by atoms with Crippen LogP contribution >= 0.6 is 11.6 Å². The molecule has 2 aromatic carbocycles. The molecule has 8 heteroatoms. The van der Waals surface area contributed by atoms with E-state index in [2.05, 4.69) is 10.5 Å². The maximum Gasteiger partial charge on any atom is 0.273 e. The Bertz CT molecular complexity index is 1040. The van der Waals surface area contributed by atoms with Crippen LogP contribution in [0.15, 0.2) is 47.6 Å². The Morgan fingerprint density at radius 3 is 2.87 bits per heavy atom. The monoisotopic (exact) mass is 429 g/mol. The van der Waals surface area contributed by atoms with Gasteiger partial charge in [-0.3, -0.25) is 9.59 Å². The molecule has 1 spiro atoms. The Hall–Kier alpha value is -2.93. The molecule has 6 nitrogen and oxygen atoms in total. The third-order valence-electron chi connectivity index (χ3n) is 5.43. The minimum Gasteiger partial charge on any atom is -0.386 e. The summed E-state index contributed by atoms with van der Waals surface area (Å²) in [6.07, 6.45) is 1.68. The van der Waals surface area contributed by atoms with Gasteiger partial charge in [0.25, 0.3) is 11.8 Å². The maximum atomic E-state index is 13.9. The first kappa shape index (κ1) is 20.3. The van der Waals surface area contributed by atoms with E-state index in [-0.39, 0.29) is 17.5 Å². The number of carbonyl (C=O) groups is 2. The van der Waals surface area contributed by atoms with Crippen molar-refractivity contribution in [2.45, 2.75) is 31.8 Å². The van der Waals surface area contributed by atoms with Crippen LogP contribution in [-0.2, 0) is 9.63 Å². The van der Waals surface area contributed by atoms with Crippen molar-refractivity contribution < 1.29 is 18.8 Å². The Balaban J connectivity index is 1.42. The molecule has 0 saturated carbocycles. The molecule has 2 aliphatic rings. The smallest absolute Gasteiger partial charge is 0.273 e. The Morgan fingerprint density at radius 1 is 1.27 bits per heavy atom. The van der Waals surface area contributed by atoms with E-state index < -0.39 is 11.4 Å². The van der Waals surface area contributed by atoms with E-state index in [0.29, 0.717) is 54.2 Å². The molecule has 1 saturated heterocycles. The number of carbonyl (C=O) groups excluding carboxylic acids is 2. The van der Waals surface area contributed by atoms with Crippen LogP contribution in [0.1, 0.15) is 35.2 Å². The number of rotatable bonds is 3. The van der Waals surface area contributed by atoms with Crippen LogP contribution in [0.4, 0.5) is 10.1 Å². The summed E-state index contributed by atoms with van der Waals surface area (Å²) < 4.78 is 13.9. The van der Waals surface area contributed by atoms with Crippen LogP contribution in [0.3, 0.4) is 0 Å². The largest absolute Gasteiger partial charge is 0.386 e. The van der Waals surface area contributed by atoms with E-state index in [1.54, 1.807) is 48.2 Å². The normalized spacial score (nSPS) is 20.6. The van der Waals surface area contributed by atoms with Crippen LogP contribution in [0.2, 0.25) is 5.02 Å². The second-order valence-corrected chi connectivity index (χ2v) is 8.18.